The van der Waals surface area contributed by atoms with Gasteiger partial charge in [-0.1, -0.05) is 46.5 Å². The van der Waals surface area contributed by atoms with Crippen molar-refractivity contribution in [2.24, 2.45) is 11.8 Å². The number of ether oxygens (including phenoxy) is 3. The van der Waals surface area contributed by atoms with Gasteiger partial charge in [-0.05, 0) is 36.8 Å². The van der Waals surface area contributed by atoms with Gasteiger partial charge < -0.3 is 14.2 Å². The van der Waals surface area contributed by atoms with Crippen LogP contribution in [-0.2, 0) is 0 Å². The summed E-state index contributed by atoms with van der Waals surface area (Å²) in [7, 11) is 0. The Morgan fingerprint density at radius 1 is 1.00 bits per heavy atom. The Morgan fingerprint density at radius 2 is 1.73 bits per heavy atom. The Hall–Kier alpha value is -1.38. The second kappa shape index (κ2) is 8.92. The van der Waals surface area contributed by atoms with Gasteiger partial charge in [0.15, 0.2) is 11.5 Å². The Bertz CT molecular complexity index is 444. The molecule has 0 N–H and O–H groups in total. The molecule has 3 nitrogen and oxygen atoms in total. The van der Waals surface area contributed by atoms with Crippen molar-refractivity contribution in [1.29, 1.82) is 0 Å². The zero-order valence-corrected chi connectivity index (χ0v) is 14.3. The zero-order valence-electron chi connectivity index (χ0n) is 14.3. The van der Waals surface area contributed by atoms with Crippen LogP contribution in [-0.4, -0.2) is 13.4 Å². The molecule has 0 aliphatic carbocycles. The molecule has 0 aromatic heterocycles. The molecular weight excluding hydrogens is 276 g/mol. The molecule has 2 unspecified atom stereocenters. The SMILES string of the molecule is CCC(C)CCCC(C)CCCOc1ccc2c(c1)OCO2. The van der Waals surface area contributed by atoms with E-state index < -0.39 is 0 Å². The van der Waals surface area contributed by atoms with E-state index in [1.165, 1.54) is 32.1 Å². The second-order valence-corrected chi connectivity index (χ2v) is 6.56. The van der Waals surface area contributed by atoms with Gasteiger partial charge in [-0.3, -0.25) is 0 Å². The molecule has 1 heterocycles. The first-order valence-electron chi connectivity index (χ1n) is 8.71. The molecule has 3 heteroatoms. The Balaban J connectivity index is 1.57. The summed E-state index contributed by atoms with van der Waals surface area (Å²) < 4.78 is 16.5. The summed E-state index contributed by atoms with van der Waals surface area (Å²) in [6, 6.07) is 5.77. The molecule has 0 saturated carbocycles. The number of rotatable bonds is 10. The first-order chi connectivity index (χ1) is 10.7. The zero-order chi connectivity index (χ0) is 15.8. The topological polar surface area (TPSA) is 27.7 Å². The highest BCUT2D eigenvalue weighted by Gasteiger charge is 2.13. The van der Waals surface area contributed by atoms with Gasteiger partial charge in [-0.2, -0.15) is 0 Å². The van der Waals surface area contributed by atoms with Crippen LogP contribution >= 0.6 is 0 Å². The molecule has 1 aromatic carbocycles. The average Bonchev–Trinajstić information content (AvgIpc) is 2.99. The average molecular weight is 306 g/mol. The van der Waals surface area contributed by atoms with E-state index in [1.54, 1.807) is 0 Å². The molecule has 1 aromatic rings. The van der Waals surface area contributed by atoms with Gasteiger partial charge >= 0.3 is 0 Å². The molecule has 1 aliphatic rings. The van der Waals surface area contributed by atoms with Crippen molar-refractivity contribution in [2.75, 3.05) is 13.4 Å². The summed E-state index contributed by atoms with van der Waals surface area (Å²) >= 11 is 0. The molecule has 0 saturated heterocycles. The van der Waals surface area contributed by atoms with Gasteiger partial charge in [-0.15, -0.1) is 0 Å². The summed E-state index contributed by atoms with van der Waals surface area (Å²) in [6.45, 7) is 8.07. The van der Waals surface area contributed by atoms with Crippen LogP contribution in [0, 0.1) is 11.8 Å². The van der Waals surface area contributed by atoms with E-state index in [1.807, 2.05) is 18.2 Å². The third-order valence-electron chi connectivity index (χ3n) is 4.54. The number of hydrogen-bond acceptors (Lipinski definition) is 3. The molecule has 2 atom stereocenters. The molecule has 22 heavy (non-hydrogen) atoms. The monoisotopic (exact) mass is 306 g/mol. The van der Waals surface area contributed by atoms with Crippen LogP contribution in [0.2, 0.25) is 0 Å². The molecule has 0 spiro atoms. The predicted molar refractivity (Wildman–Crippen MR) is 89.8 cm³/mol. The third kappa shape index (κ3) is 5.43. The molecule has 0 fully saturated rings. The Labute approximate surface area is 135 Å². The number of benzene rings is 1. The van der Waals surface area contributed by atoms with Gasteiger partial charge in [0.2, 0.25) is 6.79 Å². The third-order valence-corrected chi connectivity index (χ3v) is 4.54. The van der Waals surface area contributed by atoms with Gasteiger partial charge in [0.05, 0.1) is 6.61 Å². The molecule has 2 rings (SSSR count). The maximum atomic E-state index is 5.81. The van der Waals surface area contributed by atoms with E-state index in [0.717, 1.165) is 42.1 Å². The minimum absolute atomic E-state index is 0.312. The van der Waals surface area contributed by atoms with Crippen molar-refractivity contribution in [1.82, 2.24) is 0 Å². The Kier molecular flexibility index (Phi) is 6.88. The minimum atomic E-state index is 0.312. The fourth-order valence-electron chi connectivity index (χ4n) is 2.75. The maximum absolute atomic E-state index is 5.81. The van der Waals surface area contributed by atoms with E-state index >= 15 is 0 Å². The van der Waals surface area contributed by atoms with E-state index in [2.05, 4.69) is 20.8 Å². The quantitative estimate of drug-likeness (QED) is 0.540. The van der Waals surface area contributed by atoms with Crippen LogP contribution in [0.5, 0.6) is 17.2 Å². The van der Waals surface area contributed by atoms with Gasteiger partial charge in [0.1, 0.15) is 5.75 Å². The number of hydrogen-bond donors (Lipinski definition) is 0. The van der Waals surface area contributed by atoms with Crippen molar-refractivity contribution in [3.63, 3.8) is 0 Å². The van der Waals surface area contributed by atoms with E-state index in [9.17, 15) is 0 Å². The summed E-state index contributed by atoms with van der Waals surface area (Å²) in [5.74, 6) is 4.14. The lowest BCUT2D eigenvalue weighted by molar-refractivity contribution is 0.173. The lowest BCUT2D eigenvalue weighted by Gasteiger charge is -2.13. The first kappa shape index (κ1) is 17.0. The van der Waals surface area contributed by atoms with E-state index in [0.29, 0.717) is 6.79 Å². The number of fused-ring (bicyclic) bond motifs is 1. The van der Waals surface area contributed by atoms with E-state index in [-0.39, 0.29) is 0 Å². The standard InChI is InChI=1S/C19H30O3/c1-4-15(2)7-5-8-16(3)9-6-12-20-17-10-11-18-19(13-17)22-14-21-18/h10-11,13,15-16H,4-9,12,14H2,1-3H3. The lowest BCUT2D eigenvalue weighted by atomic mass is 9.95. The summed E-state index contributed by atoms with van der Waals surface area (Å²) in [5, 5.41) is 0. The van der Waals surface area contributed by atoms with Crippen molar-refractivity contribution in [3.8, 4) is 17.2 Å². The molecule has 0 radical (unpaired) electrons. The maximum Gasteiger partial charge on any atom is 0.231 e. The van der Waals surface area contributed by atoms with Crippen LogP contribution in [0.25, 0.3) is 0 Å². The van der Waals surface area contributed by atoms with Crippen LogP contribution in [0.15, 0.2) is 18.2 Å². The molecule has 0 bridgehead atoms. The van der Waals surface area contributed by atoms with Crippen LogP contribution in [0.3, 0.4) is 0 Å². The van der Waals surface area contributed by atoms with Gasteiger partial charge in [-0.25, -0.2) is 0 Å². The van der Waals surface area contributed by atoms with Crippen LogP contribution in [0.1, 0.15) is 59.3 Å². The molecule has 0 amide bonds. The molecule has 1 aliphatic heterocycles. The van der Waals surface area contributed by atoms with Crippen molar-refractivity contribution in [2.45, 2.75) is 59.3 Å². The van der Waals surface area contributed by atoms with Crippen LogP contribution in [0.4, 0.5) is 0 Å². The van der Waals surface area contributed by atoms with Gasteiger partial charge in [0.25, 0.3) is 0 Å². The second-order valence-electron chi connectivity index (χ2n) is 6.56. The summed E-state index contributed by atoms with van der Waals surface area (Å²) in [5.41, 5.74) is 0. The van der Waals surface area contributed by atoms with Gasteiger partial charge in [0, 0.05) is 6.07 Å². The summed E-state index contributed by atoms with van der Waals surface area (Å²) in [6.07, 6.45) is 7.73. The fraction of sp³-hybridized carbons (Fsp3) is 0.684. The Morgan fingerprint density at radius 3 is 2.55 bits per heavy atom. The lowest BCUT2D eigenvalue weighted by Crippen LogP contribution is -2.02. The smallest absolute Gasteiger partial charge is 0.231 e. The highest BCUT2D eigenvalue weighted by molar-refractivity contribution is 5.46. The van der Waals surface area contributed by atoms with Crippen molar-refractivity contribution < 1.29 is 14.2 Å². The predicted octanol–water partition coefficient (Wildman–Crippen LogP) is 5.43. The van der Waals surface area contributed by atoms with Crippen molar-refractivity contribution >= 4 is 0 Å². The first-order valence-corrected chi connectivity index (χ1v) is 8.71. The summed E-state index contributed by atoms with van der Waals surface area (Å²) in [4.78, 5) is 0. The highest BCUT2D eigenvalue weighted by Crippen LogP contribution is 2.35. The molecule has 124 valence electrons. The normalized spacial score (nSPS) is 15.6. The van der Waals surface area contributed by atoms with E-state index in [4.69, 9.17) is 14.2 Å². The highest BCUT2D eigenvalue weighted by atomic mass is 16.7. The van der Waals surface area contributed by atoms with Crippen LogP contribution < -0.4 is 14.2 Å². The molecular formula is C19H30O3. The largest absolute Gasteiger partial charge is 0.493 e. The van der Waals surface area contributed by atoms with Crippen molar-refractivity contribution in [3.05, 3.63) is 18.2 Å². The fourth-order valence-corrected chi connectivity index (χ4v) is 2.75. The minimum Gasteiger partial charge on any atom is -0.493 e.